The second-order valence-electron chi connectivity index (χ2n) is 6.48. The van der Waals surface area contributed by atoms with E-state index in [1.807, 2.05) is 0 Å². The molecule has 0 aromatic heterocycles. The topological polar surface area (TPSA) is 146 Å². The molecule has 0 fully saturated rings. The molecule has 0 saturated heterocycles. The summed E-state index contributed by atoms with van der Waals surface area (Å²) in [5.41, 5.74) is 0.260. The van der Waals surface area contributed by atoms with Crippen LogP contribution in [0, 0.1) is 0 Å². The number of hydrogen-bond acceptors (Lipinski definition) is 9. The van der Waals surface area contributed by atoms with Crippen molar-refractivity contribution < 1.29 is 41.7 Å². The molecule has 1 amide bonds. The van der Waals surface area contributed by atoms with Crippen LogP contribution in [0.1, 0.15) is 20.7 Å². The number of amides is 1. The summed E-state index contributed by atoms with van der Waals surface area (Å²) in [5.74, 6) is -1.70. The van der Waals surface area contributed by atoms with Gasteiger partial charge in [-0.05, 0) is 42.5 Å². The highest BCUT2D eigenvalue weighted by atomic mass is 32.2. The fourth-order valence-corrected chi connectivity index (χ4v) is 3.61. The van der Waals surface area contributed by atoms with Gasteiger partial charge in [-0.3, -0.25) is 4.79 Å². The lowest BCUT2D eigenvalue weighted by atomic mass is 10.1. The van der Waals surface area contributed by atoms with Crippen molar-refractivity contribution in [3.8, 4) is 5.75 Å². The Morgan fingerprint density at radius 1 is 0.879 bits per heavy atom. The Labute approximate surface area is 191 Å². The van der Waals surface area contributed by atoms with E-state index in [2.05, 4.69) is 19.5 Å². The lowest BCUT2D eigenvalue weighted by Crippen LogP contribution is -2.27. The molecule has 0 unspecified atom stereocenters. The lowest BCUT2D eigenvalue weighted by Gasteiger charge is -2.11. The largest absolute Gasteiger partial charge is 0.484 e. The Morgan fingerprint density at radius 2 is 1.45 bits per heavy atom. The zero-order chi connectivity index (χ0) is 24.4. The van der Waals surface area contributed by atoms with Gasteiger partial charge in [0.1, 0.15) is 5.75 Å². The number of rotatable bonds is 11. The first-order valence-corrected chi connectivity index (χ1v) is 11.0. The Balaban J connectivity index is 2.02. The standard InChI is InChI=1S/C21H24N2O9S/c1-29-9-8-22-33(27,28)18-6-4-17(5-7-18)32-13-19(24)23-16-11-14(20(25)30-2)10-15(12-16)21(26)31-3/h4-7,10-12,22H,8-9,13H2,1-3H3,(H,23,24). The molecule has 0 spiro atoms. The Bertz CT molecular complexity index is 1060. The Kier molecular flexibility index (Phi) is 9.33. The average molecular weight is 480 g/mol. The molecule has 11 nitrogen and oxygen atoms in total. The molecule has 2 rings (SSSR count). The summed E-state index contributed by atoms with van der Waals surface area (Å²) in [6, 6.07) is 9.45. The van der Waals surface area contributed by atoms with E-state index in [0.29, 0.717) is 0 Å². The summed E-state index contributed by atoms with van der Waals surface area (Å²) < 4.78 is 46.1. The van der Waals surface area contributed by atoms with E-state index in [9.17, 15) is 22.8 Å². The van der Waals surface area contributed by atoms with Crippen molar-refractivity contribution in [1.82, 2.24) is 4.72 Å². The van der Waals surface area contributed by atoms with E-state index < -0.39 is 34.5 Å². The number of sulfonamides is 1. The van der Waals surface area contributed by atoms with Crippen LogP contribution in [0.25, 0.3) is 0 Å². The number of nitrogens with one attached hydrogen (secondary N) is 2. The third-order valence-corrected chi connectivity index (χ3v) is 5.64. The Morgan fingerprint density at radius 3 is 1.97 bits per heavy atom. The third-order valence-electron chi connectivity index (χ3n) is 4.16. The maximum Gasteiger partial charge on any atom is 0.337 e. The van der Waals surface area contributed by atoms with E-state index >= 15 is 0 Å². The van der Waals surface area contributed by atoms with Crippen molar-refractivity contribution in [1.29, 1.82) is 0 Å². The second-order valence-corrected chi connectivity index (χ2v) is 8.25. The highest BCUT2D eigenvalue weighted by Gasteiger charge is 2.16. The maximum absolute atomic E-state index is 12.3. The van der Waals surface area contributed by atoms with Crippen molar-refractivity contribution in [2.24, 2.45) is 0 Å². The summed E-state index contributed by atoms with van der Waals surface area (Å²) in [5, 5.41) is 2.52. The monoisotopic (exact) mass is 480 g/mol. The first kappa shape index (κ1) is 25.8. The van der Waals surface area contributed by atoms with E-state index in [0.717, 1.165) is 0 Å². The number of carbonyl (C=O) groups excluding carboxylic acids is 3. The number of methoxy groups -OCH3 is 3. The van der Waals surface area contributed by atoms with Crippen LogP contribution in [-0.2, 0) is 29.0 Å². The Hall–Kier alpha value is -3.48. The van der Waals surface area contributed by atoms with Crippen LogP contribution >= 0.6 is 0 Å². The van der Waals surface area contributed by atoms with E-state index in [1.54, 1.807) is 0 Å². The molecule has 0 aliphatic carbocycles. The van der Waals surface area contributed by atoms with E-state index in [4.69, 9.17) is 9.47 Å². The fourth-order valence-electron chi connectivity index (χ4n) is 2.59. The smallest absolute Gasteiger partial charge is 0.337 e. The number of ether oxygens (including phenoxy) is 4. The minimum Gasteiger partial charge on any atom is -0.484 e. The summed E-state index contributed by atoms with van der Waals surface area (Å²) >= 11 is 0. The van der Waals surface area contributed by atoms with Crippen molar-refractivity contribution in [2.75, 3.05) is 46.4 Å². The zero-order valence-electron chi connectivity index (χ0n) is 18.2. The normalized spacial score (nSPS) is 10.9. The van der Waals surface area contributed by atoms with Crippen molar-refractivity contribution in [3.63, 3.8) is 0 Å². The minimum atomic E-state index is -3.69. The molecule has 33 heavy (non-hydrogen) atoms. The molecular formula is C21H24N2O9S. The van der Waals surface area contributed by atoms with Gasteiger partial charge in [0.2, 0.25) is 10.0 Å². The van der Waals surface area contributed by atoms with Gasteiger partial charge >= 0.3 is 11.9 Å². The zero-order valence-corrected chi connectivity index (χ0v) is 19.1. The van der Waals surface area contributed by atoms with Gasteiger partial charge in [0.25, 0.3) is 5.91 Å². The molecule has 2 N–H and O–H groups in total. The van der Waals surface area contributed by atoms with Crippen LogP contribution in [0.15, 0.2) is 47.4 Å². The summed E-state index contributed by atoms with van der Waals surface area (Å²) in [6.07, 6.45) is 0. The predicted molar refractivity (Wildman–Crippen MR) is 117 cm³/mol. The van der Waals surface area contributed by atoms with Gasteiger partial charge in [0.05, 0.1) is 36.8 Å². The molecule has 178 valence electrons. The molecule has 0 saturated carbocycles. The SMILES string of the molecule is COCCNS(=O)(=O)c1ccc(OCC(=O)Nc2cc(C(=O)OC)cc(C(=O)OC)c2)cc1. The first-order chi connectivity index (χ1) is 15.7. The number of benzene rings is 2. The molecule has 2 aromatic rings. The van der Waals surface area contributed by atoms with Gasteiger partial charge < -0.3 is 24.3 Å². The van der Waals surface area contributed by atoms with E-state index in [1.165, 1.54) is 63.8 Å². The van der Waals surface area contributed by atoms with Crippen LogP contribution < -0.4 is 14.8 Å². The average Bonchev–Trinajstić information content (AvgIpc) is 2.81. The molecule has 0 aliphatic rings. The predicted octanol–water partition coefficient (Wildman–Crippen LogP) is 1.20. The summed E-state index contributed by atoms with van der Waals surface area (Å²) in [6.45, 7) is -0.0421. The highest BCUT2D eigenvalue weighted by Crippen LogP contribution is 2.18. The van der Waals surface area contributed by atoms with Crippen molar-refractivity contribution in [2.45, 2.75) is 4.90 Å². The molecular weight excluding hydrogens is 456 g/mol. The summed E-state index contributed by atoms with van der Waals surface area (Å²) in [4.78, 5) is 36.0. The van der Waals surface area contributed by atoms with Crippen LogP contribution in [0.4, 0.5) is 5.69 Å². The number of anilines is 1. The molecule has 0 aliphatic heterocycles. The molecule has 0 atom stereocenters. The molecule has 2 aromatic carbocycles. The lowest BCUT2D eigenvalue weighted by molar-refractivity contribution is -0.118. The van der Waals surface area contributed by atoms with Gasteiger partial charge in [-0.1, -0.05) is 0 Å². The van der Waals surface area contributed by atoms with Crippen LogP contribution in [-0.4, -0.2) is 67.4 Å². The number of carbonyl (C=O) groups is 3. The second kappa shape index (κ2) is 11.9. The van der Waals surface area contributed by atoms with Gasteiger partial charge in [0, 0.05) is 19.3 Å². The number of hydrogen-bond donors (Lipinski definition) is 2. The first-order valence-electron chi connectivity index (χ1n) is 9.53. The quantitative estimate of drug-likeness (QED) is 0.358. The van der Waals surface area contributed by atoms with Gasteiger partial charge in [0.15, 0.2) is 6.61 Å². The highest BCUT2D eigenvalue weighted by molar-refractivity contribution is 7.89. The maximum atomic E-state index is 12.3. The molecule has 0 radical (unpaired) electrons. The number of esters is 2. The van der Waals surface area contributed by atoms with Crippen molar-refractivity contribution in [3.05, 3.63) is 53.6 Å². The molecule has 0 bridgehead atoms. The molecule has 12 heteroatoms. The molecule has 0 heterocycles. The van der Waals surface area contributed by atoms with Crippen LogP contribution in [0.2, 0.25) is 0 Å². The fraction of sp³-hybridized carbons (Fsp3) is 0.286. The van der Waals surface area contributed by atoms with Crippen molar-refractivity contribution >= 4 is 33.6 Å². The summed E-state index contributed by atoms with van der Waals surface area (Å²) in [7, 11) is 0.146. The van der Waals surface area contributed by atoms with Crippen LogP contribution in [0.3, 0.4) is 0 Å². The van der Waals surface area contributed by atoms with Gasteiger partial charge in [-0.25, -0.2) is 22.7 Å². The van der Waals surface area contributed by atoms with Gasteiger partial charge in [-0.15, -0.1) is 0 Å². The van der Waals surface area contributed by atoms with Crippen LogP contribution in [0.5, 0.6) is 5.75 Å². The van der Waals surface area contributed by atoms with Gasteiger partial charge in [-0.2, -0.15) is 0 Å². The van der Waals surface area contributed by atoms with E-state index in [-0.39, 0.29) is 40.6 Å². The minimum absolute atomic E-state index is 0.0327. The third kappa shape index (κ3) is 7.56.